The van der Waals surface area contributed by atoms with Crippen molar-refractivity contribution in [1.29, 1.82) is 0 Å². The van der Waals surface area contributed by atoms with Crippen LogP contribution >= 0.6 is 11.6 Å². The van der Waals surface area contributed by atoms with Gasteiger partial charge in [0.2, 0.25) is 0 Å². The highest BCUT2D eigenvalue weighted by Gasteiger charge is 2.04. The molecule has 0 fully saturated rings. The maximum Gasteiger partial charge on any atom is 0.0413 e. The van der Waals surface area contributed by atoms with Crippen LogP contribution in [0.1, 0.15) is 0 Å². The molecule has 2 aromatic carbocycles. The molecule has 2 N–H and O–H groups in total. The molecule has 0 saturated heterocycles. The van der Waals surface area contributed by atoms with Gasteiger partial charge in [0.05, 0.1) is 0 Å². The summed E-state index contributed by atoms with van der Waals surface area (Å²) in [4.78, 5) is 2.06. The second-order valence-corrected chi connectivity index (χ2v) is 4.61. The summed E-state index contributed by atoms with van der Waals surface area (Å²) in [5.74, 6) is 0. The van der Waals surface area contributed by atoms with Crippen LogP contribution in [0.2, 0.25) is 5.02 Å². The Hall–Kier alpha value is -1.67. The lowest BCUT2D eigenvalue weighted by atomic mass is 10.0. The third kappa shape index (κ3) is 2.53. The average Bonchev–Trinajstić information content (AvgIpc) is 2.32. The van der Waals surface area contributed by atoms with E-state index in [1.54, 1.807) is 6.07 Å². The van der Waals surface area contributed by atoms with Gasteiger partial charge >= 0.3 is 0 Å². The first-order chi connectivity index (χ1) is 8.08. The standard InChI is InChI=1S/C14H15ClN2/c1-17(2)12-6-3-10(4-7-12)13-9-11(15)5-8-14(13)16/h3-9H,16H2,1-2H3. The molecule has 88 valence electrons. The Morgan fingerprint density at radius 1 is 1.00 bits per heavy atom. The highest BCUT2D eigenvalue weighted by atomic mass is 35.5. The van der Waals surface area contributed by atoms with Gasteiger partial charge in [0, 0.05) is 36.1 Å². The molecule has 0 heterocycles. The van der Waals surface area contributed by atoms with Gasteiger partial charge in [0.15, 0.2) is 0 Å². The predicted molar refractivity (Wildman–Crippen MR) is 75.6 cm³/mol. The van der Waals surface area contributed by atoms with E-state index in [4.69, 9.17) is 17.3 Å². The molecule has 0 aliphatic carbocycles. The van der Waals surface area contributed by atoms with Crippen LogP contribution in [0.15, 0.2) is 42.5 Å². The minimum atomic E-state index is 0.700. The molecule has 3 heteroatoms. The fourth-order valence-electron chi connectivity index (χ4n) is 1.72. The van der Waals surface area contributed by atoms with Crippen LogP contribution in [0.3, 0.4) is 0 Å². The molecule has 0 aliphatic rings. The Labute approximate surface area is 107 Å². The summed E-state index contributed by atoms with van der Waals surface area (Å²) in [6, 6.07) is 13.8. The molecule has 0 amide bonds. The Morgan fingerprint density at radius 2 is 1.65 bits per heavy atom. The Morgan fingerprint density at radius 3 is 2.24 bits per heavy atom. The van der Waals surface area contributed by atoms with Gasteiger partial charge in [-0.25, -0.2) is 0 Å². The summed E-state index contributed by atoms with van der Waals surface area (Å²) in [6.45, 7) is 0. The van der Waals surface area contributed by atoms with E-state index in [2.05, 4.69) is 29.2 Å². The van der Waals surface area contributed by atoms with E-state index >= 15 is 0 Å². The zero-order valence-electron chi connectivity index (χ0n) is 9.94. The van der Waals surface area contributed by atoms with Crippen molar-refractivity contribution in [2.45, 2.75) is 0 Å². The van der Waals surface area contributed by atoms with Crippen LogP contribution in [0.4, 0.5) is 11.4 Å². The van der Waals surface area contributed by atoms with Gasteiger partial charge in [-0.15, -0.1) is 0 Å². The zero-order chi connectivity index (χ0) is 12.4. The Kier molecular flexibility index (Phi) is 3.25. The van der Waals surface area contributed by atoms with Crippen molar-refractivity contribution in [3.05, 3.63) is 47.5 Å². The highest BCUT2D eigenvalue weighted by molar-refractivity contribution is 6.31. The highest BCUT2D eigenvalue weighted by Crippen LogP contribution is 2.29. The van der Waals surface area contributed by atoms with Crippen molar-refractivity contribution in [2.75, 3.05) is 24.7 Å². The molecule has 17 heavy (non-hydrogen) atoms. The maximum atomic E-state index is 5.98. The Bertz CT molecular complexity index is 518. The number of halogens is 1. The topological polar surface area (TPSA) is 29.3 Å². The van der Waals surface area contributed by atoms with Gasteiger partial charge in [0.25, 0.3) is 0 Å². The summed E-state index contributed by atoms with van der Waals surface area (Å²) in [5.41, 5.74) is 9.91. The molecule has 0 saturated carbocycles. The van der Waals surface area contributed by atoms with Gasteiger partial charge in [-0.1, -0.05) is 23.7 Å². The molecular weight excluding hydrogens is 232 g/mol. The number of nitrogen functional groups attached to an aromatic ring is 1. The molecular formula is C14H15ClN2. The molecule has 0 spiro atoms. The second kappa shape index (κ2) is 4.68. The van der Waals surface area contributed by atoms with E-state index in [0.29, 0.717) is 5.02 Å². The largest absolute Gasteiger partial charge is 0.398 e. The van der Waals surface area contributed by atoms with Crippen LogP contribution in [0.5, 0.6) is 0 Å². The van der Waals surface area contributed by atoms with Crippen LogP contribution in [0.25, 0.3) is 11.1 Å². The lowest BCUT2D eigenvalue weighted by molar-refractivity contribution is 1.13. The molecule has 0 bridgehead atoms. The molecule has 0 radical (unpaired) electrons. The molecule has 2 nitrogen and oxygen atoms in total. The van der Waals surface area contributed by atoms with E-state index in [1.165, 1.54) is 0 Å². The van der Waals surface area contributed by atoms with Gasteiger partial charge in [-0.05, 0) is 35.9 Å². The van der Waals surface area contributed by atoms with Crippen molar-refractivity contribution in [3.8, 4) is 11.1 Å². The SMILES string of the molecule is CN(C)c1ccc(-c2cc(Cl)ccc2N)cc1. The van der Waals surface area contributed by atoms with Gasteiger partial charge < -0.3 is 10.6 Å². The normalized spacial score (nSPS) is 10.3. The average molecular weight is 247 g/mol. The number of nitrogens with two attached hydrogens (primary N) is 1. The molecule has 2 rings (SSSR count). The van der Waals surface area contributed by atoms with Crippen LogP contribution in [-0.2, 0) is 0 Å². The molecule has 0 unspecified atom stereocenters. The summed E-state index contributed by atoms with van der Waals surface area (Å²) in [7, 11) is 4.03. The number of anilines is 2. The third-order valence-corrected chi connectivity index (χ3v) is 2.95. The van der Waals surface area contributed by atoms with Crippen molar-refractivity contribution < 1.29 is 0 Å². The van der Waals surface area contributed by atoms with E-state index in [9.17, 15) is 0 Å². The number of hydrogen-bond donors (Lipinski definition) is 1. The minimum Gasteiger partial charge on any atom is -0.398 e. The number of rotatable bonds is 2. The molecule has 2 aromatic rings. The smallest absolute Gasteiger partial charge is 0.0413 e. The Balaban J connectivity index is 2.43. The first-order valence-corrected chi connectivity index (χ1v) is 5.78. The first kappa shape index (κ1) is 11.8. The fourth-order valence-corrected chi connectivity index (χ4v) is 1.89. The monoisotopic (exact) mass is 246 g/mol. The summed E-state index contributed by atoms with van der Waals surface area (Å²) < 4.78 is 0. The van der Waals surface area contributed by atoms with Gasteiger partial charge in [0.1, 0.15) is 0 Å². The lowest BCUT2D eigenvalue weighted by Gasteiger charge is -2.13. The van der Waals surface area contributed by atoms with E-state index < -0.39 is 0 Å². The predicted octanol–water partition coefficient (Wildman–Crippen LogP) is 3.66. The van der Waals surface area contributed by atoms with Crippen molar-refractivity contribution in [3.63, 3.8) is 0 Å². The maximum absolute atomic E-state index is 5.98. The minimum absolute atomic E-state index is 0.700. The quantitative estimate of drug-likeness (QED) is 0.820. The number of benzene rings is 2. The van der Waals surface area contributed by atoms with Crippen molar-refractivity contribution in [2.24, 2.45) is 0 Å². The zero-order valence-corrected chi connectivity index (χ0v) is 10.7. The van der Waals surface area contributed by atoms with Crippen molar-refractivity contribution in [1.82, 2.24) is 0 Å². The van der Waals surface area contributed by atoms with Gasteiger partial charge in [-0.2, -0.15) is 0 Å². The van der Waals surface area contributed by atoms with Crippen LogP contribution < -0.4 is 10.6 Å². The summed E-state index contributed by atoms with van der Waals surface area (Å²) in [5, 5.41) is 0.700. The van der Waals surface area contributed by atoms with E-state index in [1.807, 2.05) is 26.2 Å². The van der Waals surface area contributed by atoms with E-state index in [-0.39, 0.29) is 0 Å². The van der Waals surface area contributed by atoms with Crippen molar-refractivity contribution >= 4 is 23.0 Å². The van der Waals surface area contributed by atoms with E-state index in [0.717, 1.165) is 22.5 Å². The third-order valence-electron chi connectivity index (χ3n) is 2.71. The fraction of sp³-hybridized carbons (Fsp3) is 0.143. The molecule has 0 aliphatic heterocycles. The first-order valence-electron chi connectivity index (χ1n) is 5.41. The molecule has 0 atom stereocenters. The van der Waals surface area contributed by atoms with Gasteiger partial charge in [-0.3, -0.25) is 0 Å². The number of nitrogens with zero attached hydrogens (tertiary/aromatic N) is 1. The van der Waals surface area contributed by atoms with Crippen LogP contribution in [0, 0.1) is 0 Å². The second-order valence-electron chi connectivity index (χ2n) is 4.17. The molecule has 0 aromatic heterocycles. The summed E-state index contributed by atoms with van der Waals surface area (Å²) >= 11 is 5.98. The lowest BCUT2D eigenvalue weighted by Crippen LogP contribution is -2.07. The number of hydrogen-bond acceptors (Lipinski definition) is 2. The van der Waals surface area contributed by atoms with Crippen LogP contribution in [-0.4, -0.2) is 14.1 Å². The summed E-state index contributed by atoms with van der Waals surface area (Å²) in [6.07, 6.45) is 0.